The first kappa shape index (κ1) is 43.4. The molecule has 1 aromatic rings. The molecular formula is C34H50ClF3N4O7. The Morgan fingerprint density at radius 1 is 1.04 bits per heavy atom. The van der Waals surface area contributed by atoms with Crippen molar-refractivity contribution in [2.45, 2.75) is 104 Å². The SMILES string of the molecule is CN[C@H](C(=O)N[C@H](C(=O)N(C)[C@H](C=C(C)C(=O)N1CCC[C@H]1C(=O)O)C(C)C)C(C)(C)C)C(C)(C)c1cccc(Cl)c1.O=C(O)C(F)(F)F. The highest BCUT2D eigenvalue weighted by atomic mass is 35.5. The van der Waals surface area contributed by atoms with Crippen LogP contribution in [0.1, 0.15) is 73.8 Å². The van der Waals surface area contributed by atoms with Crippen molar-refractivity contribution in [2.75, 3.05) is 20.6 Å². The van der Waals surface area contributed by atoms with Crippen LogP contribution in [0.25, 0.3) is 0 Å². The van der Waals surface area contributed by atoms with Gasteiger partial charge in [-0.25, -0.2) is 9.59 Å². The van der Waals surface area contributed by atoms with Crippen LogP contribution in [-0.2, 0) is 29.4 Å². The van der Waals surface area contributed by atoms with Gasteiger partial charge in [0.05, 0.1) is 12.1 Å². The zero-order valence-electron chi connectivity index (χ0n) is 29.7. The molecule has 11 nitrogen and oxygen atoms in total. The van der Waals surface area contributed by atoms with Crippen LogP contribution in [0.3, 0.4) is 0 Å². The van der Waals surface area contributed by atoms with E-state index >= 15 is 0 Å². The van der Waals surface area contributed by atoms with Crippen LogP contribution >= 0.6 is 11.6 Å². The first-order chi connectivity index (χ1) is 22.3. The summed E-state index contributed by atoms with van der Waals surface area (Å²) >= 11 is 6.24. The quantitative estimate of drug-likeness (QED) is 0.236. The lowest BCUT2D eigenvalue weighted by molar-refractivity contribution is -0.192. The van der Waals surface area contributed by atoms with Gasteiger partial charge in [0.15, 0.2) is 0 Å². The first-order valence-electron chi connectivity index (χ1n) is 15.8. The molecule has 4 N–H and O–H groups in total. The molecule has 1 aromatic carbocycles. The maximum absolute atomic E-state index is 14.1. The van der Waals surface area contributed by atoms with Gasteiger partial charge in [-0.05, 0) is 55.8 Å². The van der Waals surface area contributed by atoms with Crippen molar-refractivity contribution < 1.29 is 47.4 Å². The normalized spacial score (nSPS) is 17.4. The molecule has 0 spiro atoms. The van der Waals surface area contributed by atoms with Crippen molar-refractivity contribution in [3.05, 3.63) is 46.5 Å². The largest absolute Gasteiger partial charge is 0.490 e. The highest BCUT2D eigenvalue weighted by Gasteiger charge is 2.42. The molecule has 276 valence electrons. The van der Waals surface area contributed by atoms with E-state index in [0.29, 0.717) is 30.0 Å². The highest BCUT2D eigenvalue weighted by molar-refractivity contribution is 6.30. The predicted molar refractivity (Wildman–Crippen MR) is 180 cm³/mol. The minimum absolute atomic E-state index is 0.0568. The maximum atomic E-state index is 14.1. The Morgan fingerprint density at radius 2 is 1.59 bits per heavy atom. The van der Waals surface area contributed by atoms with Gasteiger partial charge in [0.1, 0.15) is 12.1 Å². The second-order valence-electron chi connectivity index (χ2n) is 14.1. The average Bonchev–Trinajstić information content (AvgIpc) is 3.47. The van der Waals surface area contributed by atoms with E-state index in [-0.39, 0.29) is 23.6 Å². The van der Waals surface area contributed by atoms with Crippen LogP contribution in [0, 0.1) is 11.3 Å². The molecule has 0 unspecified atom stereocenters. The number of nitrogens with zero attached hydrogens (tertiary/aromatic N) is 2. The number of carbonyl (C=O) groups excluding carboxylic acids is 3. The fourth-order valence-corrected chi connectivity index (χ4v) is 5.86. The summed E-state index contributed by atoms with van der Waals surface area (Å²) in [6.45, 7) is 15.5. The first-order valence-corrected chi connectivity index (χ1v) is 16.2. The lowest BCUT2D eigenvalue weighted by atomic mass is 9.76. The zero-order chi connectivity index (χ0) is 38.2. The summed E-state index contributed by atoms with van der Waals surface area (Å²) in [7, 11) is 3.39. The molecule has 0 saturated carbocycles. The molecule has 3 amide bonds. The summed E-state index contributed by atoms with van der Waals surface area (Å²) in [4.78, 5) is 64.6. The van der Waals surface area contributed by atoms with Gasteiger partial charge in [-0.15, -0.1) is 0 Å². The third-order valence-corrected chi connectivity index (χ3v) is 8.75. The molecule has 0 radical (unpaired) electrons. The lowest BCUT2D eigenvalue weighted by Crippen LogP contribution is -2.61. The van der Waals surface area contributed by atoms with Crippen molar-refractivity contribution in [1.29, 1.82) is 0 Å². The fraction of sp³-hybridized carbons (Fsp3) is 0.618. The number of aliphatic carboxylic acids is 2. The second kappa shape index (κ2) is 17.3. The molecule has 4 atom stereocenters. The van der Waals surface area contributed by atoms with E-state index in [9.17, 15) is 37.5 Å². The van der Waals surface area contributed by atoms with Gasteiger partial charge in [-0.1, -0.05) is 78.3 Å². The van der Waals surface area contributed by atoms with E-state index in [1.165, 1.54) is 4.90 Å². The monoisotopic (exact) mass is 718 g/mol. The number of benzene rings is 1. The molecule has 0 aliphatic carbocycles. The van der Waals surface area contributed by atoms with Gasteiger partial charge in [0.2, 0.25) is 17.7 Å². The van der Waals surface area contributed by atoms with E-state index < -0.39 is 53.1 Å². The molecule has 15 heteroatoms. The number of hydrogen-bond acceptors (Lipinski definition) is 6. The minimum atomic E-state index is -5.08. The lowest BCUT2D eigenvalue weighted by Gasteiger charge is -2.40. The Hall–Kier alpha value is -3.65. The molecule has 1 saturated heterocycles. The summed E-state index contributed by atoms with van der Waals surface area (Å²) in [5.74, 6) is -4.77. The van der Waals surface area contributed by atoms with Crippen molar-refractivity contribution in [1.82, 2.24) is 20.4 Å². The van der Waals surface area contributed by atoms with Crippen molar-refractivity contribution in [2.24, 2.45) is 11.3 Å². The Balaban J connectivity index is 0.00000154. The van der Waals surface area contributed by atoms with Gasteiger partial charge in [-0.2, -0.15) is 13.2 Å². The summed E-state index contributed by atoms with van der Waals surface area (Å²) < 4.78 is 31.7. The van der Waals surface area contributed by atoms with Crippen molar-refractivity contribution in [3.8, 4) is 0 Å². The zero-order valence-corrected chi connectivity index (χ0v) is 30.5. The molecule has 1 heterocycles. The Kier molecular flexibility index (Phi) is 15.3. The summed E-state index contributed by atoms with van der Waals surface area (Å²) in [5, 5.41) is 23.4. The Morgan fingerprint density at radius 3 is 2.02 bits per heavy atom. The number of carbonyl (C=O) groups is 5. The molecule has 49 heavy (non-hydrogen) atoms. The van der Waals surface area contributed by atoms with Gasteiger partial charge in [0, 0.05) is 29.6 Å². The van der Waals surface area contributed by atoms with E-state index in [4.69, 9.17) is 21.5 Å². The number of amides is 3. The van der Waals surface area contributed by atoms with Crippen LogP contribution in [0.15, 0.2) is 35.9 Å². The van der Waals surface area contributed by atoms with Gasteiger partial charge < -0.3 is 30.6 Å². The van der Waals surface area contributed by atoms with Gasteiger partial charge in [0.25, 0.3) is 0 Å². The number of likely N-dealkylation sites (tertiary alicyclic amines) is 1. The number of carboxylic acid groups (broad SMARTS) is 2. The third-order valence-electron chi connectivity index (χ3n) is 8.52. The smallest absolute Gasteiger partial charge is 0.480 e. The second-order valence-corrected chi connectivity index (χ2v) is 14.5. The van der Waals surface area contributed by atoms with E-state index in [0.717, 1.165) is 5.56 Å². The van der Waals surface area contributed by atoms with E-state index in [1.807, 2.05) is 66.7 Å². The van der Waals surface area contributed by atoms with Crippen LogP contribution in [-0.4, -0.2) is 101 Å². The van der Waals surface area contributed by atoms with Gasteiger partial charge in [-0.3, -0.25) is 14.4 Å². The molecule has 0 bridgehead atoms. The van der Waals surface area contributed by atoms with Gasteiger partial charge >= 0.3 is 18.1 Å². The number of carboxylic acids is 2. The highest BCUT2D eigenvalue weighted by Crippen LogP contribution is 2.31. The number of nitrogens with one attached hydrogen (secondary N) is 2. The fourth-order valence-electron chi connectivity index (χ4n) is 5.67. The van der Waals surface area contributed by atoms with Crippen LogP contribution in [0.5, 0.6) is 0 Å². The molecule has 1 aliphatic heterocycles. The van der Waals surface area contributed by atoms with Crippen LogP contribution in [0.4, 0.5) is 13.2 Å². The Labute approximate surface area is 291 Å². The molecular weight excluding hydrogens is 669 g/mol. The number of alkyl halides is 3. The molecule has 0 aromatic heterocycles. The van der Waals surface area contributed by atoms with Crippen LogP contribution in [0.2, 0.25) is 5.02 Å². The van der Waals surface area contributed by atoms with Crippen molar-refractivity contribution in [3.63, 3.8) is 0 Å². The standard InChI is InChI=1S/C32H49ClN4O5.C2HF3O2/c1-19(2)24(17-20(3)28(39)37-16-12-15-23(37)30(41)42)36(10)29(40)26(31(4,5)6)35-27(38)25(34-9)32(7,8)21-13-11-14-22(33)18-21;3-2(4,5)1(6)7/h11,13-14,17-19,23-26,34H,12,15-16H2,1-10H3,(H,35,38)(H,41,42);(H,6,7)/t23-,24+,25+,26+;/m0./s1. The van der Waals surface area contributed by atoms with E-state index in [1.54, 1.807) is 38.1 Å². The molecule has 1 aliphatic rings. The predicted octanol–water partition coefficient (Wildman–Crippen LogP) is 4.87. The third kappa shape index (κ3) is 11.7. The number of rotatable bonds is 11. The van der Waals surface area contributed by atoms with Crippen molar-refractivity contribution >= 4 is 41.3 Å². The number of likely N-dealkylation sites (N-methyl/N-ethyl adjacent to an activating group) is 2. The van der Waals surface area contributed by atoms with E-state index in [2.05, 4.69) is 10.6 Å². The number of halogens is 4. The van der Waals surface area contributed by atoms with Crippen LogP contribution < -0.4 is 10.6 Å². The molecule has 1 fully saturated rings. The Bertz CT molecular complexity index is 1390. The summed E-state index contributed by atoms with van der Waals surface area (Å²) in [6, 6.07) is 4.56. The average molecular weight is 719 g/mol. The maximum Gasteiger partial charge on any atom is 0.490 e. The molecule has 2 rings (SSSR count). The number of hydrogen-bond donors (Lipinski definition) is 4. The summed E-state index contributed by atoms with van der Waals surface area (Å²) in [6.07, 6.45) is -2.28. The minimum Gasteiger partial charge on any atom is -0.480 e. The topological polar surface area (TPSA) is 156 Å². The summed E-state index contributed by atoms with van der Waals surface area (Å²) in [5.41, 5.74) is -0.00435.